The first kappa shape index (κ1) is 18.3. The van der Waals surface area contributed by atoms with Gasteiger partial charge in [0.25, 0.3) is 5.91 Å². The van der Waals surface area contributed by atoms with Crippen molar-refractivity contribution in [3.63, 3.8) is 0 Å². The molecule has 5 heteroatoms. The average Bonchev–Trinajstić information content (AvgIpc) is 2.67. The number of anilines is 1. The first-order valence-corrected chi connectivity index (χ1v) is 9.30. The molecule has 0 bridgehead atoms. The first-order chi connectivity index (χ1) is 12.7. The molecule has 0 spiro atoms. The van der Waals surface area contributed by atoms with Gasteiger partial charge in [0.15, 0.2) is 6.54 Å². The van der Waals surface area contributed by atoms with Crippen molar-refractivity contribution < 1.29 is 14.4 Å². The van der Waals surface area contributed by atoms with Crippen LogP contribution < -0.4 is 19.9 Å². The van der Waals surface area contributed by atoms with Crippen LogP contribution in [0.1, 0.15) is 5.56 Å². The van der Waals surface area contributed by atoms with E-state index >= 15 is 0 Å². The SMILES string of the molecule is Cc1cccc(OCCNC(=O)C[NH+]2CCN(c3ccccc3)CC2)c1. The second-order valence-electron chi connectivity index (χ2n) is 6.76. The van der Waals surface area contributed by atoms with E-state index in [2.05, 4.69) is 34.5 Å². The summed E-state index contributed by atoms with van der Waals surface area (Å²) in [5, 5.41) is 2.96. The average molecular weight is 354 g/mol. The lowest BCUT2D eigenvalue weighted by atomic mass is 10.2. The van der Waals surface area contributed by atoms with Crippen molar-refractivity contribution in [2.24, 2.45) is 0 Å². The van der Waals surface area contributed by atoms with Gasteiger partial charge in [-0.2, -0.15) is 0 Å². The van der Waals surface area contributed by atoms with E-state index in [9.17, 15) is 4.79 Å². The van der Waals surface area contributed by atoms with E-state index < -0.39 is 0 Å². The van der Waals surface area contributed by atoms with Gasteiger partial charge in [-0.15, -0.1) is 0 Å². The van der Waals surface area contributed by atoms with Crippen LogP contribution in [-0.4, -0.2) is 51.8 Å². The maximum atomic E-state index is 12.1. The highest BCUT2D eigenvalue weighted by molar-refractivity contribution is 5.76. The highest BCUT2D eigenvalue weighted by Crippen LogP contribution is 2.12. The minimum atomic E-state index is 0.0982. The summed E-state index contributed by atoms with van der Waals surface area (Å²) >= 11 is 0. The molecule has 1 aliphatic rings. The monoisotopic (exact) mass is 354 g/mol. The Balaban J connectivity index is 1.32. The summed E-state index contributed by atoms with van der Waals surface area (Å²) in [5.74, 6) is 0.947. The molecule has 1 fully saturated rings. The molecular weight excluding hydrogens is 326 g/mol. The summed E-state index contributed by atoms with van der Waals surface area (Å²) < 4.78 is 5.66. The Morgan fingerprint density at radius 2 is 1.88 bits per heavy atom. The van der Waals surface area contributed by atoms with Gasteiger partial charge in [-0.25, -0.2) is 0 Å². The third-order valence-electron chi connectivity index (χ3n) is 4.68. The van der Waals surface area contributed by atoms with Crippen molar-refractivity contribution >= 4 is 11.6 Å². The van der Waals surface area contributed by atoms with E-state index in [1.54, 1.807) is 0 Å². The Hall–Kier alpha value is -2.53. The van der Waals surface area contributed by atoms with Crippen molar-refractivity contribution in [2.75, 3.05) is 50.8 Å². The molecule has 26 heavy (non-hydrogen) atoms. The van der Waals surface area contributed by atoms with Crippen molar-refractivity contribution in [1.82, 2.24) is 5.32 Å². The molecule has 0 saturated carbocycles. The Kier molecular flexibility index (Phi) is 6.50. The van der Waals surface area contributed by atoms with Crippen molar-refractivity contribution in [3.05, 3.63) is 60.2 Å². The molecule has 0 aromatic heterocycles. The summed E-state index contributed by atoms with van der Waals surface area (Å²) in [6, 6.07) is 18.4. The minimum Gasteiger partial charge on any atom is -0.492 e. The van der Waals surface area contributed by atoms with Crippen LogP contribution in [0.5, 0.6) is 5.75 Å². The van der Waals surface area contributed by atoms with Crippen LogP contribution in [0.4, 0.5) is 5.69 Å². The van der Waals surface area contributed by atoms with Gasteiger partial charge in [-0.05, 0) is 36.8 Å². The fraction of sp³-hybridized carbons (Fsp3) is 0.381. The minimum absolute atomic E-state index is 0.0982. The number of carbonyl (C=O) groups excluding carboxylic acids is 1. The Bertz CT molecular complexity index is 697. The highest BCUT2D eigenvalue weighted by atomic mass is 16.5. The Morgan fingerprint density at radius 1 is 1.12 bits per heavy atom. The van der Waals surface area contributed by atoms with Crippen LogP contribution in [0.25, 0.3) is 0 Å². The predicted molar refractivity (Wildman–Crippen MR) is 104 cm³/mol. The molecule has 0 radical (unpaired) electrons. The zero-order valence-corrected chi connectivity index (χ0v) is 15.4. The summed E-state index contributed by atoms with van der Waals surface area (Å²) in [7, 11) is 0. The molecule has 2 aromatic carbocycles. The van der Waals surface area contributed by atoms with E-state index in [1.807, 2.05) is 37.3 Å². The van der Waals surface area contributed by atoms with Crippen LogP contribution in [0.3, 0.4) is 0 Å². The van der Waals surface area contributed by atoms with Crippen molar-refractivity contribution in [3.8, 4) is 5.75 Å². The lowest BCUT2D eigenvalue weighted by Gasteiger charge is -2.33. The van der Waals surface area contributed by atoms with Crippen molar-refractivity contribution in [2.45, 2.75) is 6.92 Å². The lowest BCUT2D eigenvalue weighted by Crippen LogP contribution is -3.16. The quantitative estimate of drug-likeness (QED) is 0.726. The number of ether oxygens (including phenoxy) is 1. The Morgan fingerprint density at radius 3 is 2.62 bits per heavy atom. The zero-order chi connectivity index (χ0) is 18.2. The number of hydrogen-bond acceptors (Lipinski definition) is 3. The fourth-order valence-electron chi connectivity index (χ4n) is 3.25. The van der Waals surface area contributed by atoms with Crippen LogP contribution >= 0.6 is 0 Å². The molecule has 0 aliphatic carbocycles. The van der Waals surface area contributed by atoms with E-state index in [0.717, 1.165) is 31.9 Å². The Labute approximate surface area is 155 Å². The van der Waals surface area contributed by atoms with Crippen LogP contribution in [0, 0.1) is 6.92 Å². The van der Waals surface area contributed by atoms with E-state index in [-0.39, 0.29) is 5.91 Å². The standard InChI is InChI=1S/C21H27N3O2/c1-18-6-5-9-20(16-18)26-15-10-22-21(25)17-23-11-13-24(14-12-23)19-7-3-2-4-8-19/h2-9,16H,10-15,17H2,1H3,(H,22,25)/p+1. The highest BCUT2D eigenvalue weighted by Gasteiger charge is 2.21. The van der Waals surface area contributed by atoms with E-state index in [4.69, 9.17) is 4.74 Å². The molecule has 5 nitrogen and oxygen atoms in total. The van der Waals surface area contributed by atoms with E-state index in [1.165, 1.54) is 16.2 Å². The molecule has 2 N–H and O–H groups in total. The molecular formula is C21H28N3O2+. The van der Waals surface area contributed by atoms with Gasteiger partial charge >= 0.3 is 0 Å². The van der Waals surface area contributed by atoms with Gasteiger partial charge in [0, 0.05) is 5.69 Å². The van der Waals surface area contributed by atoms with Gasteiger partial charge in [-0.1, -0.05) is 30.3 Å². The topological polar surface area (TPSA) is 46.0 Å². The fourth-order valence-corrected chi connectivity index (χ4v) is 3.25. The molecule has 1 saturated heterocycles. The molecule has 2 aromatic rings. The van der Waals surface area contributed by atoms with Crippen LogP contribution in [-0.2, 0) is 4.79 Å². The largest absolute Gasteiger partial charge is 0.492 e. The number of piperazine rings is 1. The number of quaternary nitrogens is 1. The third kappa shape index (κ3) is 5.49. The summed E-state index contributed by atoms with van der Waals surface area (Å²) in [6.45, 7) is 7.56. The molecule has 1 heterocycles. The first-order valence-electron chi connectivity index (χ1n) is 9.30. The molecule has 138 valence electrons. The predicted octanol–water partition coefficient (Wildman–Crippen LogP) is 0.895. The molecule has 3 rings (SSSR count). The van der Waals surface area contributed by atoms with Crippen LogP contribution in [0.2, 0.25) is 0 Å². The summed E-state index contributed by atoms with van der Waals surface area (Å²) in [5.41, 5.74) is 2.44. The van der Waals surface area contributed by atoms with Gasteiger partial charge < -0.3 is 19.9 Å². The number of amides is 1. The van der Waals surface area contributed by atoms with Gasteiger partial charge in [-0.3, -0.25) is 4.79 Å². The number of rotatable bonds is 7. The number of aryl methyl sites for hydroxylation is 1. The zero-order valence-electron chi connectivity index (χ0n) is 15.4. The number of benzene rings is 2. The van der Waals surface area contributed by atoms with E-state index in [0.29, 0.717) is 19.7 Å². The number of nitrogens with zero attached hydrogens (tertiary/aromatic N) is 1. The maximum Gasteiger partial charge on any atom is 0.275 e. The number of nitrogens with one attached hydrogen (secondary N) is 2. The molecule has 1 amide bonds. The molecule has 1 aliphatic heterocycles. The maximum absolute atomic E-state index is 12.1. The van der Waals surface area contributed by atoms with Crippen molar-refractivity contribution in [1.29, 1.82) is 0 Å². The van der Waals surface area contributed by atoms with Crippen LogP contribution in [0.15, 0.2) is 54.6 Å². The molecule has 0 atom stereocenters. The van der Waals surface area contributed by atoms with Gasteiger partial charge in [0.1, 0.15) is 12.4 Å². The summed E-state index contributed by atoms with van der Waals surface area (Å²) in [4.78, 5) is 15.9. The number of hydrogen-bond donors (Lipinski definition) is 2. The molecule has 0 unspecified atom stereocenters. The van der Waals surface area contributed by atoms with Gasteiger partial charge in [0.2, 0.25) is 0 Å². The number of carbonyl (C=O) groups is 1. The smallest absolute Gasteiger partial charge is 0.275 e. The second-order valence-corrected chi connectivity index (χ2v) is 6.76. The van der Waals surface area contributed by atoms with Gasteiger partial charge in [0.05, 0.1) is 32.7 Å². The normalized spacial score (nSPS) is 14.9. The number of para-hydroxylation sites is 1. The lowest BCUT2D eigenvalue weighted by molar-refractivity contribution is -0.892. The summed E-state index contributed by atoms with van der Waals surface area (Å²) in [6.07, 6.45) is 0. The third-order valence-corrected chi connectivity index (χ3v) is 4.68. The second kappa shape index (κ2) is 9.25.